The number of carbonyl (C=O) groups excluding carboxylic acids is 1. The van der Waals surface area contributed by atoms with Gasteiger partial charge in [-0.1, -0.05) is 11.6 Å². The smallest absolute Gasteiger partial charge is 0.238 e. The molecule has 2 N–H and O–H groups in total. The van der Waals surface area contributed by atoms with Crippen molar-refractivity contribution in [3.05, 3.63) is 28.8 Å². The Kier molecular flexibility index (Phi) is 4.10. The highest BCUT2D eigenvalue weighted by atomic mass is 35.5. The molecule has 0 heterocycles. The van der Waals surface area contributed by atoms with Crippen LogP contribution in [0.2, 0.25) is 5.02 Å². The van der Waals surface area contributed by atoms with Crippen molar-refractivity contribution in [2.45, 2.75) is 0 Å². The van der Waals surface area contributed by atoms with Gasteiger partial charge in [0.05, 0.1) is 17.8 Å². The van der Waals surface area contributed by atoms with E-state index in [9.17, 15) is 4.79 Å². The van der Waals surface area contributed by atoms with Crippen LogP contribution in [0.5, 0.6) is 0 Å². The molecule has 1 amide bonds. The van der Waals surface area contributed by atoms with Crippen molar-refractivity contribution < 1.29 is 4.79 Å². The highest BCUT2D eigenvalue weighted by Gasteiger charge is 2.06. The molecule has 0 aromatic heterocycles. The molecule has 1 aromatic carbocycles. The van der Waals surface area contributed by atoms with Crippen LogP contribution in [0.25, 0.3) is 0 Å². The molecule has 0 fully saturated rings. The lowest BCUT2D eigenvalue weighted by Crippen LogP contribution is -2.25. The number of benzene rings is 1. The first-order valence-corrected chi connectivity index (χ1v) is 4.69. The fraction of sp³-hybridized carbons (Fsp3) is 0.200. The molecular formula is C10H10ClN3O. The normalized spacial score (nSPS) is 9.40. The lowest BCUT2D eigenvalue weighted by Gasteiger charge is -2.06. The van der Waals surface area contributed by atoms with Gasteiger partial charge in [0, 0.05) is 5.02 Å². The molecule has 0 bridgehead atoms. The summed E-state index contributed by atoms with van der Waals surface area (Å²) < 4.78 is 0. The zero-order valence-electron chi connectivity index (χ0n) is 8.17. The van der Waals surface area contributed by atoms with Gasteiger partial charge in [-0.25, -0.2) is 0 Å². The molecule has 15 heavy (non-hydrogen) atoms. The molecule has 5 heteroatoms. The third kappa shape index (κ3) is 3.24. The first-order valence-electron chi connectivity index (χ1n) is 4.31. The molecule has 0 aliphatic rings. The van der Waals surface area contributed by atoms with E-state index in [2.05, 4.69) is 10.6 Å². The summed E-state index contributed by atoms with van der Waals surface area (Å²) >= 11 is 5.76. The molecule has 78 valence electrons. The summed E-state index contributed by atoms with van der Waals surface area (Å²) in [4.78, 5) is 11.3. The minimum atomic E-state index is -0.212. The number of rotatable bonds is 3. The van der Waals surface area contributed by atoms with Crippen molar-refractivity contribution in [3.63, 3.8) is 0 Å². The van der Waals surface area contributed by atoms with E-state index in [-0.39, 0.29) is 12.5 Å². The number of carbonyl (C=O) groups is 1. The van der Waals surface area contributed by atoms with E-state index in [1.807, 2.05) is 6.07 Å². The van der Waals surface area contributed by atoms with E-state index in [1.54, 1.807) is 25.2 Å². The van der Waals surface area contributed by atoms with Gasteiger partial charge in [-0.2, -0.15) is 5.26 Å². The monoisotopic (exact) mass is 223 g/mol. The van der Waals surface area contributed by atoms with Crippen molar-refractivity contribution in [2.75, 3.05) is 18.9 Å². The quantitative estimate of drug-likeness (QED) is 0.814. The maximum absolute atomic E-state index is 11.3. The number of amides is 1. The van der Waals surface area contributed by atoms with Gasteiger partial charge in [0.25, 0.3) is 0 Å². The van der Waals surface area contributed by atoms with Crippen molar-refractivity contribution in [1.29, 1.82) is 5.26 Å². The number of likely N-dealkylation sites (N-methyl/N-ethyl adjacent to an activating group) is 1. The zero-order valence-corrected chi connectivity index (χ0v) is 8.93. The molecule has 4 nitrogen and oxygen atoms in total. The average molecular weight is 224 g/mol. The summed E-state index contributed by atoms with van der Waals surface area (Å²) in [5.74, 6) is -0.212. The Balaban J connectivity index is 2.88. The molecule has 0 saturated carbocycles. The molecular weight excluding hydrogens is 214 g/mol. The van der Waals surface area contributed by atoms with E-state index in [1.165, 1.54) is 0 Å². The zero-order chi connectivity index (χ0) is 11.3. The summed E-state index contributed by atoms with van der Waals surface area (Å²) in [6.07, 6.45) is 0. The van der Waals surface area contributed by atoms with Crippen LogP contribution in [0, 0.1) is 11.3 Å². The van der Waals surface area contributed by atoms with Crippen LogP contribution < -0.4 is 10.6 Å². The first-order chi connectivity index (χ1) is 7.17. The maximum Gasteiger partial charge on any atom is 0.238 e. The van der Waals surface area contributed by atoms with Crippen LogP contribution in [0.4, 0.5) is 5.69 Å². The number of hydrogen-bond donors (Lipinski definition) is 2. The lowest BCUT2D eigenvalue weighted by molar-refractivity contribution is -0.115. The molecule has 0 aliphatic heterocycles. The van der Waals surface area contributed by atoms with Crippen LogP contribution in [0.3, 0.4) is 0 Å². The average Bonchev–Trinajstić information content (AvgIpc) is 2.18. The number of nitrogens with one attached hydrogen (secondary N) is 2. The van der Waals surface area contributed by atoms with Gasteiger partial charge in [-0.05, 0) is 25.2 Å². The van der Waals surface area contributed by atoms with E-state index in [0.29, 0.717) is 16.3 Å². The summed E-state index contributed by atoms with van der Waals surface area (Å²) in [6, 6.07) is 6.70. The molecule has 1 aromatic rings. The molecule has 0 unspecified atom stereocenters. The van der Waals surface area contributed by atoms with Crippen LogP contribution in [-0.4, -0.2) is 19.5 Å². The van der Waals surface area contributed by atoms with Gasteiger partial charge < -0.3 is 10.6 Å². The second kappa shape index (κ2) is 5.35. The van der Waals surface area contributed by atoms with Crippen LogP contribution in [0.1, 0.15) is 5.56 Å². The summed E-state index contributed by atoms with van der Waals surface area (Å²) in [6.45, 7) is 0.192. The highest BCUT2D eigenvalue weighted by Crippen LogP contribution is 2.20. The van der Waals surface area contributed by atoms with Gasteiger partial charge in [-0.15, -0.1) is 0 Å². The topological polar surface area (TPSA) is 64.9 Å². The number of hydrogen-bond acceptors (Lipinski definition) is 3. The fourth-order valence-corrected chi connectivity index (χ4v) is 1.24. The largest absolute Gasteiger partial charge is 0.324 e. The van der Waals surface area contributed by atoms with Crippen molar-refractivity contribution >= 4 is 23.2 Å². The summed E-state index contributed by atoms with van der Waals surface area (Å²) in [5.41, 5.74) is 0.828. The van der Waals surface area contributed by atoms with E-state index in [0.717, 1.165) is 0 Å². The first kappa shape index (κ1) is 11.5. The van der Waals surface area contributed by atoms with Gasteiger partial charge >= 0.3 is 0 Å². The fourth-order valence-electron chi connectivity index (χ4n) is 1.07. The summed E-state index contributed by atoms with van der Waals surface area (Å²) in [7, 11) is 1.67. The third-order valence-corrected chi connectivity index (χ3v) is 1.95. The molecule has 0 saturated heterocycles. The Morgan fingerprint density at radius 2 is 2.33 bits per heavy atom. The van der Waals surface area contributed by atoms with Gasteiger partial charge in [0.15, 0.2) is 0 Å². The molecule has 0 radical (unpaired) electrons. The number of nitriles is 1. The van der Waals surface area contributed by atoms with Gasteiger partial charge in [0.2, 0.25) is 5.91 Å². The standard InChI is InChI=1S/C10H10ClN3O/c1-13-6-10(15)14-9-4-8(11)3-2-7(9)5-12/h2-4,13H,6H2,1H3,(H,14,15). The van der Waals surface area contributed by atoms with Gasteiger partial charge in [0.1, 0.15) is 6.07 Å². The molecule has 0 spiro atoms. The third-order valence-electron chi connectivity index (χ3n) is 1.71. The van der Waals surface area contributed by atoms with Crippen molar-refractivity contribution in [2.24, 2.45) is 0 Å². The Morgan fingerprint density at radius 1 is 1.60 bits per heavy atom. The van der Waals surface area contributed by atoms with Crippen LogP contribution >= 0.6 is 11.6 Å². The Hall–Kier alpha value is -1.57. The minimum absolute atomic E-state index is 0.192. The summed E-state index contributed by atoms with van der Waals surface area (Å²) in [5, 5.41) is 14.6. The highest BCUT2D eigenvalue weighted by molar-refractivity contribution is 6.31. The van der Waals surface area contributed by atoms with E-state index < -0.39 is 0 Å². The minimum Gasteiger partial charge on any atom is -0.324 e. The Morgan fingerprint density at radius 3 is 2.93 bits per heavy atom. The maximum atomic E-state index is 11.3. The van der Waals surface area contributed by atoms with Crippen molar-refractivity contribution in [3.8, 4) is 6.07 Å². The Labute approximate surface area is 92.8 Å². The number of nitrogens with zero attached hydrogens (tertiary/aromatic N) is 1. The predicted molar refractivity (Wildman–Crippen MR) is 58.7 cm³/mol. The van der Waals surface area contributed by atoms with Crippen LogP contribution in [0.15, 0.2) is 18.2 Å². The number of anilines is 1. The van der Waals surface area contributed by atoms with Crippen molar-refractivity contribution in [1.82, 2.24) is 5.32 Å². The SMILES string of the molecule is CNCC(=O)Nc1cc(Cl)ccc1C#N. The second-order valence-electron chi connectivity index (χ2n) is 2.88. The lowest BCUT2D eigenvalue weighted by atomic mass is 10.2. The van der Waals surface area contributed by atoms with E-state index >= 15 is 0 Å². The van der Waals surface area contributed by atoms with E-state index in [4.69, 9.17) is 16.9 Å². The second-order valence-corrected chi connectivity index (χ2v) is 3.32. The number of halogens is 1. The predicted octanol–water partition coefficient (Wildman–Crippen LogP) is 1.37. The molecule has 1 rings (SSSR count). The van der Waals surface area contributed by atoms with Crippen LogP contribution in [-0.2, 0) is 4.79 Å². The molecule has 0 atom stereocenters. The Bertz CT molecular complexity index is 412. The van der Waals surface area contributed by atoms with Gasteiger partial charge in [-0.3, -0.25) is 4.79 Å². The molecule has 0 aliphatic carbocycles.